The van der Waals surface area contributed by atoms with Crippen LogP contribution in [0.1, 0.15) is 66.2 Å². The first-order valence-electron chi connectivity index (χ1n) is 7.97. The van der Waals surface area contributed by atoms with Gasteiger partial charge in [-0.1, -0.05) is 0 Å². The van der Waals surface area contributed by atoms with Gasteiger partial charge in [-0.3, -0.25) is 0 Å². The van der Waals surface area contributed by atoms with E-state index in [1.165, 1.54) is 47.4 Å². The minimum absolute atomic E-state index is 0.724. The average molecular weight is 361 g/mol. The van der Waals surface area contributed by atoms with Crippen molar-refractivity contribution < 1.29 is 3.07 Å². The van der Waals surface area contributed by atoms with E-state index in [0.29, 0.717) is 0 Å². The zero-order valence-electron chi connectivity index (χ0n) is 13.1. The quantitative estimate of drug-likeness (QED) is 0.309. The summed E-state index contributed by atoms with van der Waals surface area (Å²) in [5.74, 6) is 0. The van der Waals surface area contributed by atoms with Gasteiger partial charge in [0, 0.05) is 0 Å². The Balaban J connectivity index is 4.91. The fourth-order valence-electron chi connectivity index (χ4n) is 2.89. The third kappa shape index (κ3) is 6.10. The van der Waals surface area contributed by atoms with Gasteiger partial charge >= 0.3 is 120 Å². The van der Waals surface area contributed by atoms with E-state index in [9.17, 15) is 0 Å². The van der Waals surface area contributed by atoms with Crippen molar-refractivity contribution in [1.82, 2.24) is 0 Å². The molecule has 0 saturated heterocycles. The Labute approximate surface area is 120 Å². The van der Waals surface area contributed by atoms with Gasteiger partial charge in [0.25, 0.3) is 0 Å². The molecule has 0 radical (unpaired) electrons. The molecule has 0 N–H and O–H groups in total. The Morgan fingerprint density at radius 2 is 1.56 bits per heavy atom. The van der Waals surface area contributed by atoms with Gasteiger partial charge in [0.1, 0.15) is 0 Å². The average Bonchev–Trinajstić information content (AvgIpc) is 2.39. The van der Waals surface area contributed by atoms with Crippen LogP contribution in [0.3, 0.4) is 0 Å². The summed E-state index contributed by atoms with van der Waals surface area (Å²) in [6, 6.07) is 0. The first-order valence-corrected chi connectivity index (χ1v) is 14.8. The summed E-state index contributed by atoms with van der Waals surface area (Å²) in [4.78, 5) is 0. The fraction of sp³-hybridized carbons (Fsp3) is 0.875. The van der Waals surface area contributed by atoms with E-state index >= 15 is 0 Å². The molecule has 2 heteroatoms. The van der Waals surface area contributed by atoms with E-state index in [4.69, 9.17) is 3.07 Å². The molecule has 18 heavy (non-hydrogen) atoms. The molecule has 1 nitrogen and oxygen atoms in total. The van der Waals surface area contributed by atoms with E-state index < -0.39 is 18.8 Å². The van der Waals surface area contributed by atoms with Gasteiger partial charge in [0.05, 0.1) is 0 Å². The molecule has 0 aromatic heterocycles. The van der Waals surface area contributed by atoms with Gasteiger partial charge in [-0.2, -0.15) is 0 Å². The summed E-state index contributed by atoms with van der Waals surface area (Å²) in [6.07, 6.45) is 10.1. The first-order chi connectivity index (χ1) is 8.70. The number of rotatable bonds is 12. The Bertz CT molecular complexity index is 195. The zero-order chi connectivity index (χ0) is 13.9. The number of allylic oxidation sites excluding steroid dienone is 1. The predicted octanol–water partition coefficient (Wildman–Crippen LogP) is 5.92. The number of unbranched alkanes of at least 4 members (excludes halogenated alkanes) is 2. The van der Waals surface area contributed by atoms with Crippen LogP contribution in [0.15, 0.2) is 12.7 Å². The monoisotopic (exact) mass is 362 g/mol. The fourth-order valence-corrected chi connectivity index (χ4v) is 17.8. The Kier molecular flexibility index (Phi) is 11.6. The van der Waals surface area contributed by atoms with Crippen molar-refractivity contribution in [2.24, 2.45) is 0 Å². The van der Waals surface area contributed by atoms with Crippen LogP contribution in [-0.4, -0.2) is 25.4 Å². The molecule has 108 valence electrons. The third-order valence-electron chi connectivity index (χ3n) is 3.90. The molecule has 0 amide bonds. The minimum atomic E-state index is -2.46. The molecule has 0 saturated carbocycles. The summed E-state index contributed by atoms with van der Waals surface area (Å²) in [5.41, 5.74) is 0. The summed E-state index contributed by atoms with van der Waals surface area (Å²) >= 11 is -2.46. The van der Waals surface area contributed by atoms with Crippen LogP contribution in [0.5, 0.6) is 0 Å². The summed E-state index contributed by atoms with van der Waals surface area (Å²) in [6.45, 7) is 14.1. The normalized spacial score (nSPS) is 13.6. The molecule has 1 unspecified atom stereocenters. The van der Waals surface area contributed by atoms with Gasteiger partial charge in [-0.25, -0.2) is 0 Å². The van der Waals surface area contributed by atoms with E-state index in [0.717, 1.165) is 10.5 Å². The van der Waals surface area contributed by atoms with Crippen LogP contribution in [0.25, 0.3) is 0 Å². The molecule has 0 aromatic carbocycles. The van der Waals surface area contributed by atoms with Crippen molar-refractivity contribution >= 4 is 18.8 Å². The molecule has 0 spiro atoms. The van der Waals surface area contributed by atoms with Crippen LogP contribution < -0.4 is 0 Å². The molecule has 1 atom stereocenters. The van der Waals surface area contributed by atoms with Gasteiger partial charge in [-0.15, -0.1) is 0 Å². The van der Waals surface area contributed by atoms with Crippen molar-refractivity contribution in [2.45, 2.75) is 79.0 Å². The molecule has 0 aliphatic heterocycles. The molecule has 0 bridgehead atoms. The predicted molar refractivity (Wildman–Crippen MR) is 85.7 cm³/mol. The van der Waals surface area contributed by atoms with Crippen LogP contribution >= 0.6 is 0 Å². The summed E-state index contributed by atoms with van der Waals surface area (Å²) < 4.78 is 10.00. The maximum absolute atomic E-state index is 6.48. The van der Waals surface area contributed by atoms with E-state index in [2.05, 4.69) is 40.3 Å². The Morgan fingerprint density at radius 3 is 1.89 bits per heavy atom. The van der Waals surface area contributed by atoms with Crippen molar-refractivity contribution in [2.75, 3.05) is 6.61 Å². The van der Waals surface area contributed by atoms with Gasteiger partial charge in [0.2, 0.25) is 0 Å². The second-order valence-electron chi connectivity index (χ2n) is 5.34. The molecule has 0 aliphatic rings. The van der Waals surface area contributed by atoms with E-state index in [1.54, 1.807) is 0 Å². The van der Waals surface area contributed by atoms with Gasteiger partial charge < -0.3 is 0 Å². The SMILES string of the molecule is C=C[CH](CCC)[Sn]([CH2]CCC)([CH2]CCC)[O]CC. The zero-order valence-corrected chi connectivity index (χ0v) is 16.0. The van der Waals surface area contributed by atoms with Gasteiger partial charge in [-0.05, 0) is 0 Å². The molecule has 0 fully saturated rings. The third-order valence-corrected chi connectivity index (χ3v) is 18.6. The van der Waals surface area contributed by atoms with E-state index in [1.807, 2.05) is 0 Å². The molecular formula is C16H34OSn. The van der Waals surface area contributed by atoms with Crippen molar-refractivity contribution in [3.8, 4) is 0 Å². The van der Waals surface area contributed by atoms with Crippen LogP contribution in [0, 0.1) is 0 Å². The molecule has 0 rings (SSSR count). The van der Waals surface area contributed by atoms with Crippen molar-refractivity contribution in [3.05, 3.63) is 12.7 Å². The standard InChI is InChI=1S/C6H11.2C4H9.C2H5O.Sn/c1-3-5-6-4-2;2*1-3-4-2;1-2-3;/h3,5H,1,4,6H2,2H3;2*1,3-4H2,2H3;2H2,1H3;/q;;;-1;+1. The number of hydrogen-bond acceptors (Lipinski definition) is 1. The topological polar surface area (TPSA) is 9.23 Å². The van der Waals surface area contributed by atoms with Crippen LogP contribution in [-0.2, 0) is 3.07 Å². The summed E-state index contributed by atoms with van der Waals surface area (Å²) in [7, 11) is 0. The molecule has 0 aromatic rings. The Hall–Kier alpha value is 0.499. The van der Waals surface area contributed by atoms with Crippen molar-refractivity contribution in [3.63, 3.8) is 0 Å². The number of hydrogen-bond donors (Lipinski definition) is 0. The molecule has 0 aliphatic carbocycles. The molecular weight excluding hydrogens is 327 g/mol. The molecule has 0 heterocycles. The van der Waals surface area contributed by atoms with E-state index in [-0.39, 0.29) is 0 Å². The maximum atomic E-state index is 6.48. The summed E-state index contributed by atoms with van der Waals surface area (Å²) in [5, 5.41) is 0. The van der Waals surface area contributed by atoms with Crippen LogP contribution in [0.4, 0.5) is 0 Å². The second kappa shape index (κ2) is 11.3. The second-order valence-corrected chi connectivity index (χ2v) is 17.2. The first kappa shape index (κ1) is 18.5. The van der Waals surface area contributed by atoms with Crippen LogP contribution in [0.2, 0.25) is 12.8 Å². The van der Waals surface area contributed by atoms with Crippen molar-refractivity contribution in [1.29, 1.82) is 0 Å². The Morgan fingerprint density at radius 1 is 1.00 bits per heavy atom. The van der Waals surface area contributed by atoms with Gasteiger partial charge in [0.15, 0.2) is 0 Å².